The Balaban J connectivity index is 1.47. The number of nitrogens with one attached hydrogen (secondary N) is 2. The van der Waals surface area contributed by atoms with E-state index in [0.717, 1.165) is 34.4 Å². The van der Waals surface area contributed by atoms with Gasteiger partial charge in [-0.1, -0.05) is 25.0 Å². The lowest BCUT2D eigenvalue weighted by Crippen LogP contribution is -3.13. The third kappa shape index (κ3) is 4.03. The van der Waals surface area contributed by atoms with Gasteiger partial charge in [-0.2, -0.15) is 0 Å². The van der Waals surface area contributed by atoms with E-state index in [0.29, 0.717) is 18.6 Å². The molecule has 1 aromatic carbocycles. The van der Waals surface area contributed by atoms with Gasteiger partial charge in [0, 0.05) is 5.39 Å². The van der Waals surface area contributed by atoms with E-state index >= 15 is 0 Å². The molecule has 1 atom stereocenters. The van der Waals surface area contributed by atoms with Crippen molar-refractivity contribution < 1.29 is 4.90 Å². The first-order valence-corrected chi connectivity index (χ1v) is 11.8. The SMILES string of the molecule is Cc1ccc(C)c2[nH]c(=O)c(C[NH+](Cc3nnnn3C3CCCC3)C3CCCC3)cc12. The fourth-order valence-corrected chi connectivity index (χ4v) is 5.64. The molecular formula is C24H33N6O+. The Labute approximate surface area is 182 Å². The second kappa shape index (κ2) is 8.54. The van der Waals surface area contributed by atoms with Crippen LogP contribution in [0.4, 0.5) is 0 Å². The predicted molar refractivity (Wildman–Crippen MR) is 120 cm³/mol. The predicted octanol–water partition coefficient (Wildman–Crippen LogP) is 2.77. The molecule has 2 aliphatic rings. The van der Waals surface area contributed by atoms with E-state index in [4.69, 9.17) is 0 Å². The van der Waals surface area contributed by atoms with Crippen molar-refractivity contribution in [2.45, 2.75) is 90.4 Å². The minimum Gasteiger partial charge on any atom is -0.322 e. The van der Waals surface area contributed by atoms with Crippen molar-refractivity contribution in [3.05, 3.63) is 51.1 Å². The van der Waals surface area contributed by atoms with Crippen LogP contribution in [0.1, 0.15) is 79.9 Å². The zero-order valence-corrected chi connectivity index (χ0v) is 18.7. The molecule has 2 fully saturated rings. The summed E-state index contributed by atoms with van der Waals surface area (Å²) in [5.74, 6) is 0.970. The molecular weight excluding hydrogens is 388 g/mol. The molecule has 3 aromatic rings. The monoisotopic (exact) mass is 421 g/mol. The zero-order chi connectivity index (χ0) is 21.4. The minimum atomic E-state index is 0.0343. The topological polar surface area (TPSA) is 80.9 Å². The fourth-order valence-electron chi connectivity index (χ4n) is 5.64. The van der Waals surface area contributed by atoms with Crippen molar-refractivity contribution in [2.24, 2.45) is 0 Å². The van der Waals surface area contributed by atoms with Crippen LogP contribution >= 0.6 is 0 Å². The van der Waals surface area contributed by atoms with Crippen LogP contribution < -0.4 is 10.5 Å². The number of aryl methyl sites for hydroxylation is 2. The summed E-state index contributed by atoms with van der Waals surface area (Å²) in [7, 11) is 0. The number of aromatic amines is 1. The average Bonchev–Trinajstić information content (AvgIpc) is 3.53. The van der Waals surface area contributed by atoms with Crippen LogP contribution in [-0.2, 0) is 13.1 Å². The van der Waals surface area contributed by atoms with Gasteiger partial charge in [0.2, 0.25) is 5.82 Å². The van der Waals surface area contributed by atoms with Crippen molar-refractivity contribution >= 4 is 10.9 Å². The Hall–Kier alpha value is -2.54. The molecule has 0 amide bonds. The molecule has 2 heterocycles. The highest BCUT2D eigenvalue weighted by atomic mass is 16.1. The van der Waals surface area contributed by atoms with Gasteiger partial charge in [0.1, 0.15) is 13.1 Å². The Morgan fingerprint density at radius 2 is 1.74 bits per heavy atom. The standard InChI is InChI=1S/C24H32N6O/c1-16-11-12-17(2)23-21(16)13-18(24(31)25-23)14-29(19-7-3-4-8-19)15-22-26-27-28-30(22)20-9-5-6-10-20/h11-13,19-20H,3-10,14-15H2,1-2H3,(H,25,31)/p+1. The summed E-state index contributed by atoms with van der Waals surface area (Å²) in [6.45, 7) is 5.65. The van der Waals surface area contributed by atoms with Crippen LogP contribution in [0.25, 0.3) is 10.9 Å². The lowest BCUT2D eigenvalue weighted by Gasteiger charge is -2.26. The molecule has 7 nitrogen and oxygen atoms in total. The van der Waals surface area contributed by atoms with Gasteiger partial charge < -0.3 is 9.88 Å². The van der Waals surface area contributed by atoms with Crippen molar-refractivity contribution in [3.8, 4) is 0 Å². The van der Waals surface area contributed by atoms with Crippen LogP contribution in [0.5, 0.6) is 0 Å². The summed E-state index contributed by atoms with van der Waals surface area (Å²) in [6.07, 6.45) is 9.82. The maximum atomic E-state index is 13.0. The van der Waals surface area contributed by atoms with E-state index in [1.807, 2.05) is 0 Å². The first-order chi connectivity index (χ1) is 15.1. The Morgan fingerprint density at radius 3 is 2.52 bits per heavy atom. The van der Waals surface area contributed by atoms with Gasteiger partial charge in [-0.25, -0.2) is 4.68 Å². The highest BCUT2D eigenvalue weighted by Crippen LogP contribution is 2.29. The molecule has 31 heavy (non-hydrogen) atoms. The Kier molecular flexibility index (Phi) is 5.61. The van der Waals surface area contributed by atoms with E-state index in [1.165, 1.54) is 61.8 Å². The smallest absolute Gasteiger partial charge is 0.257 e. The van der Waals surface area contributed by atoms with Crippen molar-refractivity contribution in [1.82, 2.24) is 25.2 Å². The summed E-state index contributed by atoms with van der Waals surface area (Å²) in [5.41, 5.74) is 4.17. The molecule has 0 radical (unpaired) electrons. The molecule has 0 saturated heterocycles. The van der Waals surface area contributed by atoms with Gasteiger partial charge >= 0.3 is 0 Å². The van der Waals surface area contributed by atoms with E-state index in [2.05, 4.69) is 57.2 Å². The molecule has 1 unspecified atom stereocenters. The van der Waals surface area contributed by atoms with Crippen molar-refractivity contribution in [3.63, 3.8) is 0 Å². The first-order valence-electron chi connectivity index (χ1n) is 11.8. The number of tetrazole rings is 1. The molecule has 5 rings (SSSR count). The van der Waals surface area contributed by atoms with Crippen molar-refractivity contribution in [1.29, 1.82) is 0 Å². The van der Waals surface area contributed by atoms with E-state index in [1.54, 1.807) is 0 Å². The molecule has 0 spiro atoms. The normalized spacial score (nSPS) is 18.9. The van der Waals surface area contributed by atoms with E-state index in [9.17, 15) is 4.79 Å². The summed E-state index contributed by atoms with van der Waals surface area (Å²) in [4.78, 5) is 17.6. The first kappa shape index (κ1) is 20.4. The second-order valence-electron chi connectivity index (χ2n) is 9.58. The zero-order valence-electron chi connectivity index (χ0n) is 18.7. The van der Waals surface area contributed by atoms with Gasteiger partial charge in [-0.3, -0.25) is 4.79 Å². The van der Waals surface area contributed by atoms with Gasteiger partial charge in [-0.15, -0.1) is 5.10 Å². The Morgan fingerprint density at radius 1 is 1.03 bits per heavy atom. The summed E-state index contributed by atoms with van der Waals surface area (Å²) in [6, 6.07) is 7.32. The fraction of sp³-hybridized carbons (Fsp3) is 0.583. The lowest BCUT2D eigenvalue weighted by molar-refractivity contribution is -0.952. The number of quaternary nitrogens is 1. The van der Waals surface area contributed by atoms with E-state index in [-0.39, 0.29) is 5.56 Å². The van der Waals surface area contributed by atoms with Gasteiger partial charge in [0.15, 0.2) is 0 Å². The molecule has 0 aliphatic heterocycles. The van der Waals surface area contributed by atoms with Crippen LogP contribution in [0.2, 0.25) is 0 Å². The number of rotatable bonds is 6. The second-order valence-corrected chi connectivity index (χ2v) is 9.58. The van der Waals surface area contributed by atoms with E-state index < -0.39 is 0 Å². The number of fused-ring (bicyclic) bond motifs is 1. The number of hydrogen-bond donors (Lipinski definition) is 2. The lowest BCUT2D eigenvalue weighted by atomic mass is 10.0. The number of pyridine rings is 1. The summed E-state index contributed by atoms with van der Waals surface area (Å²) in [5, 5.41) is 13.9. The number of hydrogen-bond acceptors (Lipinski definition) is 4. The molecule has 164 valence electrons. The van der Waals surface area contributed by atoms with Crippen LogP contribution in [0.3, 0.4) is 0 Å². The number of aromatic nitrogens is 5. The molecule has 2 N–H and O–H groups in total. The highest BCUT2D eigenvalue weighted by molar-refractivity contribution is 5.85. The minimum absolute atomic E-state index is 0.0343. The third-order valence-corrected chi connectivity index (χ3v) is 7.49. The molecule has 2 saturated carbocycles. The van der Waals surface area contributed by atoms with Crippen molar-refractivity contribution in [2.75, 3.05) is 0 Å². The third-order valence-electron chi connectivity index (χ3n) is 7.49. The number of H-pyrrole nitrogens is 1. The molecule has 0 bridgehead atoms. The Bertz CT molecular complexity index is 1120. The maximum Gasteiger partial charge on any atom is 0.257 e. The highest BCUT2D eigenvalue weighted by Gasteiger charge is 2.30. The molecule has 2 aromatic heterocycles. The number of nitrogens with zero attached hydrogens (tertiary/aromatic N) is 4. The van der Waals surface area contributed by atoms with Crippen LogP contribution in [0.15, 0.2) is 23.0 Å². The van der Waals surface area contributed by atoms with Gasteiger partial charge in [-0.05, 0) is 80.0 Å². The largest absolute Gasteiger partial charge is 0.322 e. The summed E-state index contributed by atoms with van der Waals surface area (Å²) < 4.78 is 2.07. The van der Waals surface area contributed by atoms with Crippen LogP contribution in [0, 0.1) is 13.8 Å². The van der Waals surface area contributed by atoms with Gasteiger partial charge in [0.05, 0.1) is 23.2 Å². The average molecular weight is 422 g/mol. The molecule has 7 heteroatoms. The quantitative estimate of drug-likeness (QED) is 0.641. The number of benzene rings is 1. The molecule has 2 aliphatic carbocycles. The summed E-state index contributed by atoms with van der Waals surface area (Å²) >= 11 is 0. The maximum absolute atomic E-state index is 13.0. The van der Waals surface area contributed by atoms with Crippen LogP contribution in [-0.4, -0.2) is 31.2 Å². The van der Waals surface area contributed by atoms with Gasteiger partial charge in [0.25, 0.3) is 5.56 Å².